The second kappa shape index (κ2) is 7.91. The van der Waals surface area contributed by atoms with Gasteiger partial charge in [0, 0.05) is 16.6 Å². The van der Waals surface area contributed by atoms with Crippen molar-refractivity contribution in [3.05, 3.63) is 58.4 Å². The third-order valence-electron chi connectivity index (χ3n) is 4.36. The van der Waals surface area contributed by atoms with Crippen LogP contribution in [0.3, 0.4) is 0 Å². The molecule has 0 aliphatic heterocycles. The summed E-state index contributed by atoms with van der Waals surface area (Å²) in [4.78, 5) is 35.7. The van der Waals surface area contributed by atoms with Crippen LogP contribution in [0.15, 0.2) is 47.3 Å². The van der Waals surface area contributed by atoms with Crippen molar-refractivity contribution in [1.29, 1.82) is 0 Å². The number of aromatic amines is 1. The highest BCUT2D eigenvalue weighted by molar-refractivity contribution is 5.96. The van der Waals surface area contributed by atoms with Crippen LogP contribution >= 0.6 is 0 Å². The number of aryl methyl sites for hydroxylation is 1. The molecule has 1 atom stereocenters. The van der Waals surface area contributed by atoms with E-state index in [9.17, 15) is 14.4 Å². The lowest BCUT2D eigenvalue weighted by Gasteiger charge is -2.15. The van der Waals surface area contributed by atoms with E-state index in [0.29, 0.717) is 22.2 Å². The van der Waals surface area contributed by atoms with Crippen molar-refractivity contribution in [1.82, 2.24) is 15.5 Å². The minimum Gasteiger partial charge on any atom is -0.467 e. The highest BCUT2D eigenvalue weighted by atomic mass is 16.5. The zero-order valence-corrected chi connectivity index (χ0v) is 15.7. The van der Waals surface area contributed by atoms with Crippen molar-refractivity contribution in [2.24, 2.45) is 0 Å². The Morgan fingerprint density at radius 1 is 1.14 bits per heavy atom. The van der Waals surface area contributed by atoms with Gasteiger partial charge in [-0.05, 0) is 31.5 Å². The van der Waals surface area contributed by atoms with Gasteiger partial charge in [0.05, 0.1) is 18.2 Å². The predicted molar refractivity (Wildman–Crippen MR) is 106 cm³/mol. The number of amides is 2. The number of urea groups is 1. The minimum absolute atomic E-state index is 0.263. The van der Waals surface area contributed by atoms with Crippen molar-refractivity contribution in [3.63, 3.8) is 0 Å². The number of hydrogen-bond donors (Lipinski definition) is 3. The number of esters is 1. The number of methoxy groups -OCH3 is 1. The molecule has 1 heterocycles. The monoisotopic (exact) mass is 380 g/mol. The third kappa shape index (κ3) is 3.85. The Hall–Kier alpha value is -3.68. The number of hydrogen-bond acceptors (Lipinski definition) is 5. The number of nitrogens with one attached hydrogen (secondary N) is 3. The standard InChI is InChI=1S/C20H20N4O4/c1-11-8-9-13(10-16(11)22-20(27)21-12(2)19(26)28-3)17-14-6-4-5-7-15(14)18(25)24-23-17/h4-10,12H,1-3H3,(H,24,25)(H2,21,22,27)/t12-/m1/s1. The molecule has 3 rings (SSSR count). The first-order valence-electron chi connectivity index (χ1n) is 8.64. The van der Waals surface area contributed by atoms with E-state index in [0.717, 1.165) is 11.1 Å². The minimum atomic E-state index is -0.779. The van der Waals surface area contributed by atoms with Gasteiger partial charge < -0.3 is 15.4 Å². The van der Waals surface area contributed by atoms with Gasteiger partial charge in [-0.15, -0.1) is 0 Å². The lowest BCUT2D eigenvalue weighted by Crippen LogP contribution is -2.41. The number of fused-ring (bicyclic) bond motifs is 1. The van der Waals surface area contributed by atoms with E-state index in [4.69, 9.17) is 0 Å². The van der Waals surface area contributed by atoms with Crippen molar-refractivity contribution in [2.75, 3.05) is 12.4 Å². The summed E-state index contributed by atoms with van der Waals surface area (Å²) in [7, 11) is 1.26. The topological polar surface area (TPSA) is 113 Å². The average molecular weight is 380 g/mol. The molecular formula is C20H20N4O4. The fraction of sp³-hybridized carbons (Fsp3) is 0.200. The number of aromatic nitrogens is 2. The number of carbonyl (C=O) groups excluding carboxylic acids is 2. The van der Waals surface area contributed by atoms with Crippen molar-refractivity contribution >= 4 is 28.5 Å². The Morgan fingerprint density at radius 2 is 1.86 bits per heavy atom. The molecule has 0 saturated carbocycles. The fourth-order valence-electron chi connectivity index (χ4n) is 2.83. The highest BCUT2D eigenvalue weighted by Gasteiger charge is 2.17. The maximum atomic E-state index is 12.2. The maximum Gasteiger partial charge on any atom is 0.328 e. The lowest BCUT2D eigenvalue weighted by atomic mass is 10.0. The summed E-state index contributed by atoms with van der Waals surface area (Å²) >= 11 is 0. The Kier molecular flexibility index (Phi) is 5.39. The van der Waals surface area contributed by atoms with Crippen LogP contribution in [0.2, 0.25) is 0 Å². The van der Waals surface area contributed by atoms with Gasteiger partial charge in [-0.1, -0.05) is 30.3 Å². The molecule has 8 nitrogen and oxygen atoms in total. The fourth-order valence-corrected chi connectivity index (χ4v) is 2.83. The molecule has 8 heteroatoms. The van der Waals surface area contributed by atoms with Crippen LogP contribution < -0.4 is 16.2 Å². The molecule has 1 aromatic heterocycles. The van der Waals surface area contributed by atoms with Crippen molar-refractivity contribution in [2.45, 2.75) is 19.9 Å². The molecule has 3 N–H and O–H groups in total. The Morgan fingerprint density at radius 3 is 2.57 bits per heavy atom. The van der Waals surface area contributed by atoms with Gasteiger partial charge in [-0.2, -0.15) is 5.10 Å². The van der Waals surface area contributed by atoms with Crippen LogP contribution in [-0.4, -0.2) is 35.3 Å². The van der Waals surface area contributed by atoms with E-state index in [2.05, 4.69) is 25.6 Å². The summed E-state index contributed by atoms with van der Waals surface area (Å²) in [5, 5.41) is 13.2. The molecule has 0 fully saturated rings. The van der Waals surface area contributed by atoms with Crippen LogP contribution in [0.1, 0.15) is 12.5 Å². The highest BCUT2D eigenvalue weighted by Crippen LogP contribution is 2.28. The van der Waals surface area contributed by atoms with Gasteiger partial charge in [-0.3, -0.25) is 4.79 Å². The number of ether oxygens (including phenoxy) is 1. The first kappa shape index (κ1) is 19.1. The molecule has 0 aliphatic carbocycles. The van der Waals surface area contributed by atoms with E-state index in [-0.39, 0.29) is 5.56 Å². The van der Waals surface area contributed by atoms with Crippen LogP contribution in [0.25, 0.3) is 22.0 Å². The quantitative estimate of drug-likeness (QED) is 0.602. The second-order valence-corrected chi connectivity index (χ2v) is 6.32. The van der Waals surface area contributed by atoms with Crippen molar-refractivity contribution < 1.29 is 14.3 Å². The second-order valence-electron chi connectivity index (χ2n) is 6.32. The number of anilines is 1. The normalized spacial score (nSPS) is 11.7. The van der Waals surface area contributed by atoms with Gasteiger partial charge >= 0.3 is 12.0 Å². The van der Waals surface area contributed by atoms with E-state index < -0.39 is 18.0 Å². The van der Waals surface area contributed by atoms with Crippen LogP contribution in [0, 0.1) is 6.92 Å². The number of benzene rings is 2. The summed E-state index contributed by atoms with van der Waals surface area (Å²) in [6, 6.07) is 11.3. The molecule has 2 aromatic carbocycles. The van der Waals surface area contributed by atoms with Crippen molar-refractivity contribution in [3.8, 4) is 11.3 Å². The number of rotatable bonds is 4. The predicted octanol–water partition coefficient (Wildman–Crippen LogP) is 2.58. The Bertz CT molecular complexity index is 1110. The largest absolute Gasteiger partial charge is 0.467 e. The molecule has 0 aliphatic rings. The molecule has 144 valence electrons. The molecule has 0 radical (unpaired) electrons. The number of H-pyrrole nitrogens is 1. The zero-order valence-electron chi connectivity index (χ0n) is 15.7. The first-order chi connectivity index (χ1) is 13.4. The van der Waals surface area contributed by atoms with Crippen LogP contribution in [0.4, 0.5) is 10.5 Å². The number of nitrogens with zero attached hydrogens (tertiary/aromatic N) is 1. The lowest BCUT2D eigenvalue weighted by molar-refractivity contribution is -0.142. The Balaban J connectivity index is 1.93. The summed E-state index contributed by atoms with van der Waals surface area (Å²) in [6.45, 7) is 3.38. The molecule has 0 saturated heterocycles. The van der Waals surface area contributed by atoms with Crippen LogP contribution in [-0.2, 0) is 9.53 Å². The Labute approximate surface area is 160 Å². The zero-order chi connectivity index (χ0) is 20.3. The van der Waals surface area contributed by atoms with Crippen LogP contribution in [0.5, 0.6) is 0 Å². The van der Waals surface area contributed by atoms with Gasteiger partial charge in [0.1, 0.15) is 6.04 Å². The summed E-state index contributed by atoms with van der Waals surface area (Å²) < 4.78 is 4.60. The van der Waals surface area contributed by atoms with E-state index >= 15 is 0 Å². The van der Waals surface area contributed by atoms with Gasteiger partial charge in [0.15, 0.2) is 0 Å². The number of carbonyl (C=O) groups is 2. The summed E-state index contributed by atoms with van der Waals surface area (Å²) in [6.07, 6.45) is 0. The van der Waals surface area contributed by atoms with Gasteiger partial charge in [-0.25, -0.2) is 14.7 Å². The average Bonchev–Trinajstić information content (AvgIpc) is 2.69. The van der Waals surface area contributed by atoms with E-state index in [1.807, 2.05) is 31.2 Å². The molecule has 28 heavy (non-hydrogen) atoms. The van der Waals surface area contributed by atoms with Gasteiger partial charge in [0.2, 0.25) is 0 Å². The molecule has 0 unspecified atom stereocenters. The molecule has 0 spiro atoms. The summed E-state index contributed by atoms with van der Waals surface area (Å²) in [5.74, 6) is -0.537. The molecule has 2 amide bonds. The van der Waals surface area contributed by atoms with Gasteiger partial charge in [0.25, 0.3) is 5.56 Å². The van der Waals surface area contributed by atoms with E-state index in [1.54, 1.807) is 18.2 Å². The molecule has 0 bridgehead atoms. The van der Waals surface area contributed by atoms with E-state index in [1.165, 1.54) is 14.0 Å². The maximum absolute atomic E-state index is 12.2. The summed E-state index contributed by atoms with van der Waals surface area (Å²) in [5.41, 5.74) is 2.46. The molecule has 3 aromatic rings. The molecular weight excluding hydrogens is 360 g/mol. The SMILES string of the molecule is COC(=O)[C@@H](C)NC(=O)Nc1cc(-c2n[nH]c(=O)c3ccccc23)ccc1C. The smallest absolute Gasteiger partial charge is 0.328 e. The third-order valence-corrected chi connectivity index (χ3v) is 4.36. The first-order valence-corrected chi connectivity index (χ1v) is 8.64.